The number of aromatic hydroxyl groups is 1. The number of benzene rings is 2. The van der Waals surface area contributed by atoms with E-state index in [1.165, 1.54) is 11.3 Å². The molecule has 0 radical (unpaired) electrons. The Labute approximate surface area is 183 Å². The van der Waals surface area contributed by atoms with Crippen molar-refractivity contribution >= 4 is 33.1 Å². The summed E-state index contributed by atoms with van der Waals surface area (Å²) in [6.07, 6.45) is 3.60. The Morgan fingerprint density at radius 3 is 2.81 bits per heavy atom. The van der Waals surface area contributed by atoms with Crippen LogP contribution in [0.1, 0.15) is 24.9 Å². The van der Waals surface area contributed by atoms with Crippen molar-refractivity contribution in [1.82, 2.24) is 9.55 Å². The van der Waals surface area contributed by atoms with Crippen LogP contribution in [0.15, 0.2) is 60.2 Å². The molecule has 0 aliphatic heterocycles. The van der Waals surface area contributed by atoms with Gasteiger partial charge < -0.3 is 24.5 Å². The highest BCUT2D eigenvalue weighted by Gasteiger charge is 2.24. The van der Waals surface area contributed by atoms with Crippen molar-refractivity contribution in [1.29, 1.82) is 0 Å². The zero-order chi connectivity index (χ0) is 21.8. The molecule has 0 aliphatic rings. The third-order valence-corrected chi connectivity index (χ3v) is 5.68. The van der Waals surface area contributed by atoms with Gasteiger partial charge in [-0.1, -0.05) is 24.3 Å². The lowest BCUT2D eigenvalue weighted by atomic mass is 10.0. The summed E-state index contributed by atoms with van der Waals surface area (Å²) in [5, 5.41) is 17.7. The Kier molecular flexibility index (Phi) is 6.08. The number of methoxy groups -OCH3 is 1. The number of anilines is 1. The Morgan fingerprint density at radius 1 is 1.26 bits per heavy atom. The highest BCUT2D eigenvalue weighted by molar-refractivity contribution is 7.13. The summed E-state index contributed by atoms with van der Waals surface area (Å²) in [7, 11) is 1.58. The third-order valence-electron chi connectivity index (χ3n) is 4.99. The fraction of sp³-hybridized carbons (Fsp3) is 0.217. The van der Waals surface area contributed by atoms with Crippen LogP contribution in [0.5, 0.6) is 17.4 Å². The number of nitrogens with one attached hydrogen (secondary N) is 1. The first-order valence-electron chi connectivity index (χ1n) is 9.89. The minimum atomic E-state index is -0.461. The van der Waals surface area contributed by atoms with E-state index in [9.17, 15) is 9.90 Å². The van der Waals surface area contributed by atoms with E-state index in [4.69, 9.17) is 9.47 Å². The molecule has 2 aromatic carbocycles. The van der Waals surface area contributed by atoms with Crippen molar-refractivity contribution in [2.75, 3.05) is 19.0 Å². The van der Waals surface area contributed by atoms with Gasteiger partial charge in [-0.15, -0.1) is 11.3 Å². The molecular formula is C23H23N3O4S. The molecular weight excluding hydrogens is 414 g/mol. The number of amides is 1. The predicted octanol–water partition coefficient (Wildman–Crippen LogP) is 4.83. The average molecular weight is 438 g/mol. The molecule has 2 aromatic heterocycles. The van der Waals surface area contributed by atoms with Crippen molar-refractivity contribution in [3.8, 4) is 17.4 Å². The van der Waals surface area contributed by atoms with Crippen LogP contribution < -0.4 is 14.8 Å². The van der Waals surface area contributed by atoms with Gasteiger partial charge in [-0.05, 0) is 30.7 Å². The van der Waals surface area contributed by atoms with Gasteiger partial charge in [-0.2, -0.15) is 0 Å². The smallest absolute Gasteiger partial charge is 0.228 e. The third kappa shape index (κ3) is 4.34. The minimum absolute atomic E-state index is 0.102. The molecule has 7 nitrogen and oxygen atoms in total. The SMILES string of the molecule is CCOc1ccc(C(CC(=O)Nc2nccs2)n2cc3ccccc3c2O)cc1OC. The molecule has 0 saturated heterocycles. The molecule has 160 valence electrons. The van der Waals surface area contributed by atoms with Crippen LogP contribution in [-0.2, 0) is 4.79 Å². The molecule has 0 fully saturated rings. The monoisotopic (exact) mass is 437 g/mol. The van der Waals surface area contributed by atoms with Gasteiger partial charge in [0.25, 0.3) is 0 Å². The molecule has 1 unspecified atom stereocenters. The van der Waals surface area contributed by atoms with E-state index >= 15 is 0 Å². The molecule has 2 heterocycles. The first-order chi connectivity index (χ1) is 15.1. The molecule has 31 heavy (non-hydrogen) atoms. The molecule has 0 saturated carbocycles. The number of hydrogen-bond acceptors (Lipinski definition) is 6. The highest BCUT2D eigenvalue weighted by Crippen LogP contribution is 2.37. The standard InChI is InChI=1S/C23H23N3O4S/c1-3-30-19-9-8-15(12-20(19)29-2)18(13-21(27)25-23-24-10-11-31-23)26-14-16-6-4-5-7-17(16)22(26)28/h4-12,14,18,28H,3,13H2,1-2H3,(H,24,25,27). The Balaban J connectivity index is 1.75. The summed E-state index contributed by atoms with van der Waals surface area (Å²) < 4.78 is 12.8. The van der Waals surface area contributed by atoms with Gasteiger partial charge in [-0.3, -0.25) is 4.79 Å². The lowest BCUT2D eigenvalue weighted by Gasteiger charge is -2.21. The van der Waals surface area contributed by atoms with E-state index < -0.39 is 6.04 Å². The molecule has 0 aliphatic carbocycles. The van der Waals surface area contributed by atoms with Crippen LogP contribution in [0.2, 0.25) is 0 Å². The van der Waals surface area contributed by atoms with Crippen molar-refractivity contribution in [2.24, 2.45) is 0 Å². The largest absolute Gasteiger partial charge is 0.494 e. The molecule has 4 aromatic rings. The van der Waals surface area contributed by atoms with Crippen LogP contribution in [0.25, 0.3) is 10.8 Å². The zero-order valence-electron chi connectivity index (χ0n) is 17.2. The van der Waals surface area contributed by atoms with Crippen molar-refractivity contribution in [3.63, 3.8) is 0 Å². The Bertz CT molecular complexity index is 1190. The molecule has 0 bridgehead atoms. The summed E-state index contributed by atoms with van der Waals surface area (Å²) in [6.45, 7) is 2.42. The van der Waals surface area contributed by atoms with Gasteiger partial charge in [0.1, 0.15) is 0 Å². The second kappa shape index (κ2) is 9.09. The molecule has 0 spiro atoms. The van der Waals surface area contributed by atoms with Gasteiger partial charge in [0.2, 0.25) is 5.91 Å². The first kappa shape index (κ1) is 20.7. The van der Waals surface area contributed by atoms with Crippen LogP contribution in [0.3, 0.4) is 0 Å². The number of nitrogens with zero attached hydrogens (tertiary/aromatic N) is 2. The van der Waals surface area contributed by atoms with Gasteiger partial charge in [0.05, 0.1) is 26.2 Å². The van der Waals surface area contributed by atoms with E-state index in [2.05, 4.69) is 10.3 Å². The quantitative estimate of drug-likeness (QED) is 0.412. The minimum Gasteiger partial charge on any atom is -0.494 e. The normalized spacial score (nSPS) is 11.9. The van der Waals surface area contributed by atoms with E-state index in [1.54, 1.807) is 23.3 Å². The topological polar surface area (TPSA) is 85.6 Å². The molecule has 1 atom stereocenters. The summed E-state index contributed by atoms with van der Waals surface area (Å²) >= 11 is 1.35. The maximum Gasteiger partial charge on any atom is 0.228 e. The molecule has 1 amide bonds. The number of hydrogen-bond donors (Lipinski definition) is 2. The maximum absolute atomic E-state index is 12.8. The summed E-state index contributed by atoms with van der Waals surface area (Å²) in [6, 6.07) is 12.7. The summed E-state index contributed by atoms with van der Waals surface area (Å²) in [4.78, 5) is 16.9. The second-order valence-electron chi connectivity index (χ2n) is 6.90. The molecule has 2 N–H and O–H groups in total. The van der Waals surface area contributed by atoms with Crippen molar-refractivity contribution in [2.45, 2.75) is 19.4 Å². The molecule has 8 heteroatoms. The fourth-order valence-corrected chi connectivity index (χ4v) is 4.12. The first-order valence-corrected chi connectivity index (χ1v) is 10.8. The highest BCUT2D eigenvalue weighted by atomic mass is 32.1. The fourth-order valence-electron chi connectivity index (χ4n) is 3.57. The number of ether oxygens (including phenoxy) is 2. The summed E-state index contributed by atoms with van der Waals surface area (Å²) in [5.41, 5.74) is 0.810. The van der Waals surface area contributed by atoms with Crippen molar-refractivity contribution < 1.29 is 19.4 Å². The van der Waals surface area contributed by atoms with Gasteiger partial charge in [0.15, 0.2) is 22.5 Å². The Morgan fingerprint density at radius 2 is 2.10 bits per heavy atom. The van der Waals surface area contributed by atoms with E-state index in [1.807, 2.05) is 55.6 Å². The van der Waals surface area contributed by atoms with Crippen LogP contribution >= 0.6 is 11.3 Å². The van der Waals surface area contributed by atoms with Crippen LogP contribution in [0.4, 0.5) is 5.13 Å². The molecule has 4 rings (SSSR count). The number of carbonyl (C=O) groups excluding carboxylic acids is 1. The van der Waals surface area contributed by atoms with E-state index in [0.717, 1.165) is 16.3 Å². The lowest BCUT2D eigenvalue weighted by Crippen LogP contribution is -2.20. The number of rotatable bonds is 8. The number of thiazole rings is 1. The van der Waals surface area contributed by atoms with Gasteiger partial charge in [0, 0.05) is 28.5 Å². The van der Waals surface area contributed by atoms with Crippen molar-refractivity contribution in [3.05, 3.63) is 65.8 Å². The van der Waals surface area contributed by atoms with Gasteiger partial charge in [-0.25, -0.2) is 4.98 Å². The average Bonchev–Trinajstić information content (AvgIpc) is 3.40. The predicted molar refractivity (Wildman–Crippen MR) is 121 cm³/mol. The maximum atomic E-state index is 12.8. The number of carbonyl (C=O) groups is 1. The number of fused-ring (bicyclic) bond motifs is 1. The van der Waals surface area contributed by atoms with Crippen LogP contribution in [0, 0.1) is 0 Å². The van der Waals surface area contributed by atoms with Gasteiger partial charge >= 0.3 is 0 Å². The Hall–Kier alpha value is -3.52. The lowest BCUT2D eigenvalue weighted by molar-refractivity contribution is -0.116. The second-order valence-corrected chi connectivity index (χ2v) is 7.79. The van der Waals surface area contributed by atoms with E-state index in [-0.39, 0.29) is 18.2 Å². The van der Waals surface area contributed by atoms with Crippen LogP contribution in [-0.4, -0.2) is 34.3 Å². The zero-order valence-corrected chi connectivity index (χ0v) is 18.1. The number of aromatic nitrogens is 2. The summed E-state index contributed by atoms with van der Waals surface area (Å²) in [5.74, 6) is 1.10. The van der Waals surface area contributed by atoms with E-state index in [0.29, 0.717) is 23.2 Å².